The summed E-state index contributed by atoms with van der Waals surface area (Å²) >= 11 is 0. The molecule has 0 radical (unpaired) electrons. The summed E-state index contributed by atoms with van der Waals surface area (Å²) in [6.07, 6.45) is 7.35. The van der Waals surface area contributed by atoms with Crippen LogP contribution >= 0.6 is 0 Å². The fraction of sp³-hybridized carbons (Fsp3) is 0.0625. The van der Waals surface area contributed by atoms with Crippen molar-refractivity contribution < 1.29 is 0 Å². The molecule has 9 aromatic rings. The van der Waals surface area contributed by atoms with E-state index in [-0.39, 0.29) is 5.41 Å². The molecule has 0 amide bonds. The molecule has 53 heavy (non-hydrogen) atoms. The van der Waals surface area contributed by atoms with Crippen molar-refractivity contribution >= 4 is 21.5 Å². The average molecular weight is 680 g/mol. The van der Waals surface area contributed by atoms with Crippen molar-refractivity contribution in [2.45, 2.75) is 19.3 Å². The molecule has 0 saturated heterocycles. The molecule has 0 bridgehead atoms. The van der Waals surface area contributed by atoms with Gasteiger partial charge in [-0.1, -0.05) is 111 Å². The van der Waals surface area contributed by atoms with Gasteiger partial charge in [0.1, 0.15) is 0 Å². The topological polar surface area (TPSA) is 64.5 Å². The van der Waals surface area contributed by atoms with Gasteiger partial charge in [0.05, 0.1) is 0 Å². The highest BCUT2D eigenvalue weighted by molar-refractivity contribution is 6.13. The molecular weight excluding hydrogens is 647 g/mol. The van der Waals surface area contributed by atoms with Gasteiger partial charge >= 0.3 is 0 Å². The number of hydrogen-bond donors (Lipinski definition) is 0. The molecule has 3 aromatic heterocycles. The Morgan fingerprint density at radius 3 is 1.72 bits per heavy atom. The van der Waals surface area contributed by atoms with Gasteiger partial charge in [-0.2, -0.15) is 0 Å². The molecule has 10 rings (SSSR count). The van der Waals surface area contributed by atoms with E-state index in [1.54, 1.807) is 12.4 Å². The van der Waals surface area contributed by atoms with E-state index >= 15 is 0 Å². The minimum Gasteiger partial charge on any atom is -0.264 e. The van der Waals surface area contributed by atoms with Crippen LogP contribution in [0.15, 0.2) is 164 Å². The molecule has 0 N–H and O–H groups in total. The van der Waals surface area contributed by atoms with E-state index in [1.165, 1.54) is 38.4 Å². The van der Waals surface area contributed by atoms with Gasteiger partial charge in [-0.3, -0.25) is 9.97 Å². The minimum absolute atomic E-state index is 0.0583. The number of hydrogen-bond acceptors (Lipinski definition) is 5. The van der Waals surface area contributed by atoms with Crippen molar-refractivity contribution in [3.8, 4) is 67.5 Å². The molecule has 0 spiro atoms. The monoisotopic (exact) mass is 679 g/mol. The maximum atomic E-state index is 5.25. The quantitative estimate of drug-likeness (QED) is 0.169. The smallest absolute Gasteiger partial charge is 0.164 e. The summed E-state index contributed by atoms with van der Waals surface area (Å²) in [5.74, 6) is 1.84. The first-order chi connectivity index (χ1) is 26.0. The van der Waals surface area contributed by atoms with Crippen LogP contribution in [0.5, 0.6) is 0 Å². The lowest BCUT2D eigenvalue weighted by molar-refractivity contribution is 0.661. The Kier molecular flexibility index (Phi) is 7.08. The Morgan fingerprint density at radius 1 is 0.377 bits per heavy atom. The fourth-order valence-corrected chi connectivity index (χ4v) is 7.98. The molecule has 5 heteroatoms. The summed E-state index contributed by atoms with van der Waals surface area (Å²) in [7, 11) is 0. The minimum atomic E-state index is -0.0583. The van der Waals surface area contributed by atoms with Crippen molar-refractivity contribution in [3.05, 3.63) is 175 Å². The van der Waals surface area contributed by atoms with Crippen LogP contribution < -0.4 is 0 Å². The summed E-state index contributed by atoms with van der Waals surface area (Å²) in [5.41, 5.74) is 12.1. The van der Waals surface area contributed by atoms with Crippen LogP contribution in [-0.2, 0) is 5.41 Å². The van der Waals surface area contributed by atoms with Crippen LogP contribution in [0, 0.1) is 0 Å². The third-order valence-electron chi connectivity index (χ3n) is 10.7. The maximum Gasteiger partial charge on any atom is 0.164 e. The van der Waals surface area contributed by atoms with Crippen molar-refractivity contribution in [2.24, 2.45) is 0 Å². The van der Waals surface area contributed by atoms with E-state index in [2.05, 4.69) is 121 Å². The molecular formula is C48H33N5. The molecule has 0 saturated carbocycles. The summed E-state index contributed by atoms with van der Waals surface area (Å²) in [6, 6.07) is 49.2. The van der Waals surface area contributed by atoms with Gasteiger partial charge < -0.3 is 0 Å². The van der Waals surface area contributed by atoms with Gasteiger partial charge in [-0.05, 0) is 97.4 Å². The standard InChI is InChI=1S/C48H33N5/c1-48(2)43-18-7-6-15-39(43)42-27-41-31(26-44(42)48)19-20-38-37(41)16-8-17-40(38)47-52-45(30-11-4-3-5-12-30)51-46(53-47)36-24-34(32-13-9-21-49-28-32)23-35(25-36)33-14-10-22-50-29-33/h3-29H,1-2H3. The second-order valence-corrected chi connectivity index (χ2v) is 14.2. The zero-order valence-corrected chi connectivity index (χ0v) is 29.3. The van der Waals surface area contributed by atoms with E-state index in [4.69, 9.17) is 15.0 Å². The summed E-state index contributed by atoms with van der Waals surface area (Å²) in [5, 5.41) is 4.72. The van der Waals surface area contributed by atoms with Crippen LogP contribution in [0.1, 0.15) is 25.0 Å². The van der Waals surface area contributed by atoms with Crippen LogP contribution in [0.4, 0.5) is 0 Å². The van der Waals surface area contributed by atoms with E-state index < -0.39 is 0 Å². The lowest BCUT2D eigenvalue weighted by Crippen LogP contribution is -2.14. The normalized spacial score (nSPS) is 12.9. The molecule has 0 fully saturated rings. The Hall–Kier alpha value is -6.85. The lowest BCUT2D eigenvalue weighted by atomic mass is 9.81. The fourth-order valence-electron chi connectivity index (χ4n) is 7.98. The van der Waals surface area contributed by atoms with Crippen LogP contribution in [0.2, 0.25) is 0 Å². The molecule has 6 aromatic carbocycles. The molecule has 0 unspecified atom stereocenters. The van der Waals surface area contributed by atoms with Crippen LogP contribution in [0.3, 0.4) is 0 Å². The third kappa shape index (κ3) is 5.20. The molecule has 1 aliphatic carbocycles. The Labute approximate surface area is 307 Å². The number of pyridine rings is 2. The highest BCUT2D eigenvalue weighted by Gasteiger charge is 2.35. The second-order valence-electron chi connectivity index (χ2n) is 14.2. The average Bonchev–Trinajstić information content (AvgIpc) is 3.45. The van der Waals surface area contributed by atoms with E-state index in [0.29, 0.717) is 17.5 Å². The van der Waals surface area contributed by atoms with E-state index in [0.717, 1.165) is 44.3 Å². The van der Waals surface area contributed by atoms with Gasteiger partial charge in [0.25, 0.3) is 0 Å². The molecule has 0 atom stereocenters. The first-order valence-electron chi connectivity index (χ1n) is 17.9. The Bertz CT molecular complexity index is 2790. The first-order valence-corrected chi connectivity index (χ1v) is 17.9. The number of benzene rings is 6. The maximum absolute atomic E-state index is 5.25. The molecule has 1 aliphatic rings. The van der Waals surface area contributed by atoms with Crippen molar-refractivity contribution in [2.75, 3.05) is 0 Å². The summed E-state index contributed by atoms with van der Waals surface area (Å²) in [6.45, 7) is 4.66. The number of nitrogens with zero attached hydrogens (tertiary/aromatic N) is 5. The van der Waals surface area contributed by atoms with Gasteiger partial charge in [-0.25, -0.2) is 15.0 Å². The highest BCUT2D eigenvalue weighted by Crippen LogP contribution is 2.50. The van der Waals surface area contributed by atoms with E-state index in [9.17, 15) is 0 Å². The largest absolute Gasteiger partial charge is 0.264 e. The molecule has 250 valence electrons. The zero-order chi connectivity index (χ0) is 35.5. The van der Waals surface area contributed by atoms with Crippen molar-refractivity contribution in [3.63, 3.8) is 0 Å². The Morgan fingerprint density at radius 2 is 1.00 bits per heavy atom. The van der Waals surface area contributed by atoms with Crippen LogP contribution in [-0.4, -0.2) is 24.9 Å². The predicted molar refractivity (Wildman–Crippen MR) is 215 cm³/mol. The Balaban J connectivity index is 1.20. The number of rotatable bonds is 5. The molecule has 5 nitrogen and oxygen atoms in total. The van der Waals surface area contributed by atoms with Gasteiger partial charge in [0.15, 0.2) is 17.5 Å². The van der Waals surface area contributed by atoms with Crippen molar-refractivity contribution in [1.29, 1.82) is 0 Å². The zero-order valence-electron chi connectivity index (χ0n) is 29.3. The number of aromatic nitrogens is 5. The predicted octanol–water partition coefficient (Wildman–Crippen LogP) is 11.6. The van der Waals surface area contributed by atoms with Crippen LogP contribution in [0.25, 0.3) is 89.1 Å². The van der Waals surface area contributed by atoms with E-state index in [1.807, 2.05) is 54.9 Å². The summed E-state index contributed by atoms with van der Waals surface area (Å²) in [4.78, 5) is 24.3. The summed E-state index contributed by atoms with van der Waals surface area (Å²) < 4.78 is 0. The highest BCUT2D eigenvalue weighted by atomic mass is 15.0. The molecule has 3 heterocycles. The van der Waals surface area contributed by atoms with Gasteiger partial charge in [0.2, 0.25) is 0 Å². The first kappa shape index (κ1) is 30.9. The third-order valence-corrected chi connectivity index (χ3v) is 10.7. The second kappa shape index (κ2) is 12.1. The lowest BCUT2D eigenvalue weighted by Gasteiger charge is -2.22. The SMILES string of the molecule is CC1(C)c2ccccc2-c2cc3c(ccc4c(-c5nc(-c6ccccc6)nc(-c6cc(-c7cccnc7)cc(-c7cccnc7)c6)n5)cccc43)cc21. The molecule has 0 aliphatic heterocycles. The number of fused-ring (bicyclic) bond motifs is 6. The van der Waals surface area contributed by atoms with Crippen molar-refractivity contribution in [1.82, 2.24) is 24.9 Å². The van der Waals surface area contributed by atoms with Gasteiger partial charge in [0, 0.05) is 58.0 Å². The van der Waals surface area contributed by atoms with Gasteiger partial charge in [-0.15, -0.1) is 0 Å².